The molecule has 0 radical (unpaired) electrons. The zero-order chi connectivity index (χ0) is 21.6. The van der Waals surface area contributed by atoms with Gasteiger partial charge in [-0.2, -0.15) is 13.2 Å². The van der Waals surface area contributed by atoms with Crippen molar-refractivity contribution in [3.63, 3.8) is 0 Å². The number of carbonyl (C=O) groups excluding carboxylic acids is 1. The summed E-state index contributed by atoms with van der Waals surface area (Å²) in [6.07, 6.45) is -1.73. The molecule has 4 fully saturated rings. The predicted molar refractivity (Wildman–Crippen MR) is 103 cm³/mol. The highest BCUT2D eigenvalue weighted by Crippen LogP contribution is 2.73. The lowest BCUT2D eigenvalue weighted by atomic mass is 9.39. The largest absolute Gasteiger partial charge is 0.417 e. The van der Waals surface area contributed by atoms with Crippen LogP contribution in [0.5, 0.6) is 0 Å². The number of aliphatic hydroxyl groups is 2. The fraction of sp³-hybridized carbons (Fsp3) is 0.957. The van der Waals surface area contributed by atoms with Gasteiger partial charge in [0.05, 0.1) is 6.10 Å². The zero-order valence-electron chi connectivity index (χ0n) is 18.0. The van der Waals surface area contributed by atoms with Crippen LogP contribution in [0.1, 0.15) is 79.1 Å². The number of aliphatic hydroxyl groups excluding tert-OH is 1. The van der Waals surface area contributed by atoms with Crippen molar-refractivity contribution in [2.45, 2.75) is 96.9 Å². The van der Waals surface area contributed by atoms with E-state index in [1.54, 1.807) is 6.92 Å². The van der Waals surface area contributed by atoms with Gasteiger partial charge in [-0.05, 0) is 92.3 Å². The van der Waals surface area contributed by atoms with Crippen LogP contribution in [0.2, 0.25) is 0 Å². The van der Waals surface area contributed by atoms with Crippen molar-refractivity contribution in [3.05, 3.63) is 0 Å². The van der Waals surface area contributed by atoms with Gasteiger partial charge < -0.3 is 10.2 Å². The van der Waals surface area contributed by atoms with Crippen LogP contribution in [0.25, 0.3) is 0 Å². The van der Waals surface area contributed by atoms with Gasteiger partial charge in [-0.3, -0.25) is 4.79 Å². The minimum atomic E-state index is -4.61. The van der Waals surface area contributed by atoms with Crippen molar-refractivity contribution < 1.29 is 28.2 Å². The Bertz CT molecular complexity index is 708. The molecule has 4 aliphatic carbocycles. The van der Waals surface area contributed by atoms with Gasteiger partial charge in [0.25, 0.3) is 0 Å². The van der Waals surface area contributed by atoms with E-state index < -0.39 is 23.3 Å². The van der Waals surface area contributed by atoms with Crippen molar-refractivity contribution in [2.24, 2.45) is 39.9 Å². The van der Waals surface area contributed by atoms with E-state index >= 15 is 0 Å². The third kappa shape index (κ3) is 2.66. The Labute approximate surface area is 171 Å². The second kappa shape index (κ2) is 6.21. The Morgan fingerprint density at radius 2 is 1.62 bits per heavy atom. The molecule has 0 spiro atoms. The third-order valence-corrected chi connectivity index (χ3v) is 10.5. The number of rotatable bonds is 1. The lowest BCUT2D eigenvalue weighted by Crippen LogP contribution is -2.64. The van der Waals surface area contributed by atoms with E-state index in [-0.39, 0.29) is 59.5 Å². The Morgan fingerprint density at radius 1 is 0.966 bits per heavy atom. The van der Waals surface area contributed by atoms with Crippen LogP contribution in [-0.2, 0) is 4.79 Å². The number of carbonyl (C=O) groups is 1. The van der Waals surface area contributed by atoms with Crippen LogP contribution in [0.3, 0.4) is 0 Å². The molecule has 4 aliphatic rings. The van der Waals surface area contributed by atoms with Gasteiger partial charge in [0.2, 0.25) is 0 Å². The maximum absolute atomic E-state index is 13.5. The maximum Gasteiger partial charge on any atom is 0.417 e. The molecule has 166 valence electrons. The summed E-state index contributed by atoms with van der Waals surface area (Å²) in [5.74, 6) is 0.0449. The Balaban J connectivity index is 1.69. The van der Waals surface area contributed by atoms with Gasteiger partial charge in [0.1, 0.15) is 5.78 Å². The normalized spacial score (nSPS) is 55.0. The topological polar surface area (TPSA) is 57.5 Å². The van der Waals surface area contributed by atoms with E-state index in [0.29, 0.717) is 12.8 Å². The van der Waals surface area contributed by atoms with Gasteiger partial charge in [-0.1, -0.05) is 20.8 Å². The predicted octanol–water partition coefficient (Wildman–Crippen LogP) is 4.89. The van der Waals surface area contributed by atoms with Crippen LogP contribution in [-0.4, -0.2) is 33.9 Å². The summed E-state index contributed by atoms with van der Waals surface area (Å²) in [5, 5.41) is 21.7. The molecule has 0 amide bonds. The summed E-state index contributed by atoms with van der Waals surface area (Å²) < 4.78 is 40.5. The monoisotopic (exact) mass is 416 g/mol. The van der Waals surface area contributed by atoms with Crippen molar-refractivity contribution in [1.29, 1.82) is 0 Å². The van der Waals surface area contributed by atoms with E-state index in [1.165, 1.54) is 0 Å². The first-order valence-corrected chi connectivity index (χ1v) is 11.2. The molecular weight excluding hydrogens is 381 g/mol. The van der Waals surface area contributed by atoms with E-state index in [2.05, 4.69) is 20.8 Å². The quantitative estimate of drug-likeness (QED) is 0.640. The summed E-state index contributed by atoms with van der Waals surface area (Å²) in [6, 6.07) is 0. The van der Waals surface area contributed by atoms with Crippen LogP contribution >= 0.6 is 0 Å². The molecule has 0 bridgehead atoms. The van der Waals surface area contributed by atoms with Gasteiger partial charge in [-0.15, -0.1) is 0 Å². The first kappa shape index (κ1) is 21.6. The fourth-order valence-electron chi connectivity index (χ4n) is 8.64. The number of alkyl halides is 3. The van der Waals surface area contributed by atoms with Gasteiger partial charge in [0.15, 0.2) is 5.60 Å². The van der Waals surface area contributed by atoms with Crippen molar-refractivity contribution in [2.75, 3.05) is 0 Å². The molecule has 0 aromatic heterocycles. The molecular formula is C23H35F3O3. The standard InChI is InChI=1S/C23H35F3O3/c1-13(27)15-7-8-20(3)16-6-5-14-11-22(29,23(24,25)26)10-9-19(14,2)18(16)17(28)12-21(15,20)4/h14-18,28-29H,5-12H2,1-4H3/t14-,15-,16-,17-,18-,19+,20+,21-,22+/m1/s1. The summed E-state index contributed by atoms with van der Waals surface area (Å²) in [5.41, 5.74) is -3.35. The first-order valence-electron chi connectivity index (χ1n) is 11.2. The average molecular weight is 417 g/mol. The van der Waals surface area contributed by atoms with Gasteiger partial charge in [-0.25, -0.2) is 0 Å². The van der Waals surface area contributed by atoms with Crippen LogP contribution in [0.4, 0.5) is 13.2 Å². The highest BCUT2D eigenvalue weighted by Gasteiger charge is 2.70. The molecule has 2 N–H and O–H groups in total. The second-order valence-corrected chi connectivity index (χ2v) is 11.5. The summed E-state index contributed by atoms with van der Waals surface area (Å²) >= 11 is 0. The summed E-state index contributed by atoms with van der Waals surface area (Å²) in [7, 11) is 0. The molecule has 0 saturated heterocycles. The number of hydrogen-bond acceptors (Lipinski definition) is 3. The minimum Gasteiger partial charge on any atom is -0.393 e. The fourth-order valence-corrected chi connectivity index (χ4v) is 8.64. The lowest BCUT2D eigenvalue weighted by molar-refractivity contribution is -0.296. The molecule has 0 aromatic carbocycles. The SMILES string of the molecule is CC(=O)[C@H]1CC[C@@]2(C)[C@@H]3CC[C@@H]4C[C@](O)(C(F)(F)F)CC[C@]4(C)[C@H]3[C@H](O)C[C@]12C. The van der Waals surface area contributed by atoms with Crippen molar-refractivity contribution >= 4 is 5.78 Å². The lowest BCUT2D eigenvalue weighted by Gasteiger charge is -2.66. The van der Waals surface area contributed by atoms with Crippen LogP contribution in [0, 0.1) is 39.9 Å². The number of Topliss-reactive ketones (excluding diaryl/α,β-unsaturated/α-hetero) is 1. The average Bonchev–Trinajstić information content (AvgIpc) is 2.86. The van der Waals surface area contributed by atoms with Gasteiger partial charge in [0, 0.05) is 5.92 Å². The maximum atomic E-state index is 13.5. The molecule has 3 nitrogen and oxygen atoms in total. The molecule has 6 heteroatoms. The third-order valence-electron chi connectivity index (χ3n) is 10.5. The number of ketones is 1. The zero-order valence-corrected chi connectivity index (χ0v) is 18.0. The smallest absolute Gasteiger partial charge is 0.393 e. The summed E-state index contributed by atoms with van der Waals surface area (Å²) in [6.45, 7) is 8.12. The van der Waals surface area contributed by atoms with Crippen LogP contribution in [0.15, 0.2) is 0 Å². The number of hydrogen-bond donors (Lipinski definition) is 2. The number of fused-ring (bicyclic) bond motifs is 5. The molecule has 0 unspecified atom stereocenters. The number of halogens is 3. The van der Waals surface area contributed by atoms with E-state index in [9.17, 15) is 28.2 Å². The molecule has 0 heterocycles. The van der Waals surface area contributed by atoms with E-state index in [1.807, 2.05) is 0 Å². The van der Waals surface area contributed by atoms with E-state index in [4.69, 9.17) is 0 Å². The molecule has 4 saturated carbocycles. The second-order valence-electron chi connectivity index (χ2n) is 11.5. The van der Waals surface area contributed by atoms with Gasteiger partial charge >= 0.3 is 6.18 Å². The molecule has 29 heavy (non-hydrogen) atoms. The highest BCUT2D eigenvalue weighted by atomic mass is 19.4. The Morgan fingerprint density at radius 3 is 2.21 bits per heavy atom. The summed E-state index contributed by atoms with van der Waals surface area (Å²) in [4.78, 5) is 12.4. The van der Waals surface area contributed by atoms with E-state index in [0.717, 1.165) is 19.3 Å². The molecule has 9 atom stereocenters. The van der Waals surface area contributed by atoms with Crippen molar-refractivity contribution in [1.82, 2.24) is 0 Å². The molecule has 0 aliphatic heterocycles. The molecule has 0 aromatic rings. The minimum absolute atomic E-state index is 0.0460. The highest BCUT2D eigenvalue weighted by molar-refractivity contribution is 5.79. The molecule has 4 rings (SSSR count). The first-order chi connectivity index (χ1) is 13.2. The Hall–Kier alpha value is -0.620. The van der Waals surface area contributed by atoms with Crippen molar-refractivity contribution in [3.8, 4) is 0 Å². The Kier molecular flexibility index (Phi) is 4.63. The van der Waals surface area contributed by atoms with Crippen LogP contribution < -0.4 is 0 Å².